The van der Waals surface area contributed by atoms with E-state index in [2.05, 4.69) is 0 Å². The minimum absolute atomic E-state index is 0.117. The van der Waals surface area contributed by atoms with Gasteiger partial charge in [-0.25, -0.2) is 0 Å². The van der Waals surface area contributed by atoms with Gasteiger partial charge in [0.05, 0.1) is 10.3 Å². The highest BCUT2D eigenvalue weighted by atomic mass is 35.5. The monoisotopic (exact) mass is 287 g/mol. The van der Waals surface area contributed by atoms with Crippen molar-refractivity contribution in [2.24, 2.45) is 5.92 Å². The molecule has 5 heteroatoms. The Morgan fingerprint density at radius 1 is 1.56 bits per heavy atom. The predicted molar refractivity (Wildman–Crippen MR) is 74.1 cm³/mol. The van der Waals surface area contributed by atoms with Crippen LogP contribution in [-0.4, -0.2) is 35.6 Å². The first-order chi connectivity index (χ1) is 8.61. The summed E-state index contributed by atoms with van der Waals surface area (Å²) < 4.78 is 0.726. The second kappa shape index (κ2) is 6.04. The highest BCUT2D eigenvalue weighted by molar-refractivity contribution is 7.16. The van der Waals surface area contributed by atoms with Gasteiger partial charge in [-0.1, -0.05) is 11.6 Å². The summed E-state index contributed by atoms with van der Waals surface area (Å²) in [6.07, 6.45) is 1.81. The van der Waals surface area contributed by atoms with Crippen molar-refractivity contribution in [1.82, 2.24) is 4.90 Å². The number of amides is 1. The Hall–Kier alpha value is -0.580. The number of piperidine rings is 1. The second-order valence-electron chi connectivity index (χ2n) is 4.81. The van der Waals surface area contributed by atoms with E-state index in [1.165, 1.54) is 11.3 Å². The van der Waals surface area contributed by atoms with Gasteiger partial charge < -0.3 is 10.0 Å². The number of halogens is 1. The van der Waals surface area contributed by atoms with Crippen LogP contribution in [0.5, 0.6) is 0 Å². The molecule has 3 nitrogen and oxygen atoms in total. The summed E-state index contributed by atoms with van der Waals surface area (Å²) >= 11 is 7.37. The summed E-state index contributed by atoms with van der Waals surface area (Å²) in [6.45, 7) is 3.68. The van der Waals surface area contributed by atoms with Gasteiger partial charge in [0.1, 0.15) is 0 Å². The third-order valence-corrected chi connectivity index (χ3v) is 4.99. The Kier molecular flexibility index (Phi) is 4.65. The summed E-state index contributed by atoms with van der Waals surface area (Å²) in [6, 6.07) is 3.76. The van der Waals surface area contributed by atoms with E-state index in [0.29, 0.717) is 5.92 Å². The molecule has 1 fully saturated rings. The third kappa shape index (κ3) is 3.05. The Morgan fingerprint density at radius 2 is 2.22 bits per heavy atom. The molecule has 2 heterocycles. The average Bonchev–Trinajstić information content (AvgIpc) is 2.84. The topological polar surface area (TPSA) is 40.5 Å². The fourth-order valence-corrected chi connectivity index (χ4v) is 3.40. The van der Waals surface area contributed by atoms with E-state index in [1.807, 2.05) is 24.0 Å². The summed E-state index contributed by atoms with van der Waals surface area (Å²) in [5.41, 5.74) is 0. The Bertz CT molecular complexity index is 413. The van der Waals surface area contributed by atoms with Crippen LogP contribution in [0.3, 0.4) is 0 Å². The molecule has 100 valence electrons. The predicted octanol–water partition coefficient (Wildman–Crippen LogP) is 2.74. The van der Waals surface area contributed by atoms with Crippen LogP contribution in [-0.2, 0) is 4.79 Å². The van der Waals surface area contributed by atoms with Gasteiger partial charge in [-0.05, 0) is 37.8 Å². The van der Waals surface area contributed by atoms with Crippen molar-refractivity contribution < 1.29 is 9.90 Å². The van der Waals surface area contributed by atoms with E-state index in [-0.39, 0.29) is 18.4 Å². The van der Waals surface area contributed by atoms with Crippen molar-refractivity contribution in [3.63, 3.8) is 0 Å². The number of carbonyl (C=O) groups excluding carboxylic acids is 1. The maximum Gasteiger partial charge on any atom is 0.230 e. The van der Waals surface area contributed by atoms with Crippen molar-refractivity contribution in [1.29, 1.82) is 0 Å². The van der Waals surface area contributed by atoms with E-state index >= 15 is 0 Å². The molecule has 0 bridgehead atoms. The molecule has 2 rings (SSSR count). The Morgan fingerprint density at radius 3 is 2.72 bits per heavy atom. The van der Waals surface area contributed by atoms with Crippen LogP contribution in [0.1, 0.15) is 30.6 Å². The van der Waals surface area contributed by atoms with E-state index in [4.69, 9.17) is 16.7 Å². The van der Waals surface area contributed by atoms with Gasteiger partial charge in [-0.2, -0.15) is 0 Å². The highest BCUT2D eigenvalue weighted by Crippen LogP contribution is 2.30. The molecule has 1 aliphatic rings. The van der Waals surface area contributed by atoms with E-state index in [9.17, 15) is 4.79 Å². The van der Waals surface area contributed by atoms with Gasteiger partial charge >= 0.3 is 0 Å². The van der Waals surface area contributed by atoms with Crippen molar-refractivity contribution in [2.45, 2.75) is 25.7 Å². The lowest BCUT2D eigenvalue weighted by Gasteiger charge is -2.32. The van der Waals surface area contributed by atoms with Crippen molar-refractivity contribution >= 4 is 28.8 Å². The molecule has 1 aromatic rings. The standard InChI is InChI=1S/C13H18ClNO2S/c1-9(11-2-3-12(14)18-11)13(17)15-6-4-10(8-16)5-7-15/h2-3,9-10,16H,4-8H2,1H3. The largest absolute Gasteiger partial charge is 0.396 e. The van der Waals surface area contributed by atoms with Crippen LogP contribution in [0.25, 0.3) is 0 Å². The molecule has 18 heavy (non-hydrogen) atoms. The summed E-state index contributed by atoms with van der Waals surface area (Å²) in [5.74, 6) is 0.415. The summed E-state index contributed by atoms with van der Waals surface area (Å²) in [4.78, 5) is 15.3. The van der Waals surface area contributed by atoms with Crippen LogP contribution < -0.4 is 0 Å². The lowest BCUT2D eigenvalue weighted by molar-refractivity contribution is -0.134. The summed E-state index contributed by atoms with van der Waals surface area (Å²) in [5, 5.41) is 9.09. The molecule has 0 spiro atoms. The van der Waals surface area contributed by atoms with Crippen LogP contribution in [0.4, 0.5) is 0 Å². The molecule has 1 aliphatic heterocycles. The van der Waals surface area contributed by atoms with Crippen molar-refractivity contribution in [3.8, 4) is 0 Å². The van der Waals surface area contributed by atoms with Crippen molar-refractivity contribution in [2.75, 3.05) is 19.7 Å². The first-order valence-corrected chi connectivity index (χ1v) is 7.46. The second-order valence-corrected chi connectivity index (χ2v) is 6.56. The SMILES string of the molecule is CC(C(=O)N1CCC(CO)CC1)c1ccc(Cl)s1. The maximum atomic E-state index is 12.3. The first-order valence-electron chi connectivity index (χ1n) is 6.26. The molecular formula is C13H18ClNO2S. The molecule has 0 radical (unpaired) electrons. The van der Waals surface area contributed by atoms with E-state index in [1.54, 1.807) is 0 Å². The Labute approximate surface area is 116 Å². The van der Waals surface area contributed by atoms with Crippen molar-refractivity contribution in [3.05, 3.63) is 21.3 Å². The Balaban J connectivity index is 1.95. The maximum absolute atomic E-state index is 12.3. The number of nitrogens with zero attached hydrogens (tertiary/aromatic N) is 1. The molecule has 1 unspecified atom stereocenters. The van der Waals surface area contributed by atoms with Gasteiger partial charge in [-0.15, -0.1) is 11.3 Å². The van der Waals surface area contributed by atoms with E-state index < -0.39 is 0 Å². The number of aliphatic hydroxyl groups is 1. The minimum Gasteiger partial charge on any atom is -0.396 e. The fraction of sp³-hybridized carbons (Fsp3) is 0.615. The fourth-order valence-electron chi connectivity index (χ4n) is 2.29. The van der Waals surface area contributed by atoms with E-state index in [0.717, 1.165) is 35.1 Å². The molecular weight excluding hydrogens is 270 g/mol. The van der Waals surface area contributed by atoms with Crippen LogP contribution in [0.2, 0.25) is 4.34 Å². The molecule has 1 N–H and O–H groups in total. The minimum atomic E-state index is -0.117. The zero-order chi connectivity index (χ0) is 13.1. The smallest absolute Gasteiger partial charge is 0.230 e. The van der Waals surface area contributed by atoms with Gasteiger partial charge in [0.2, 0.25) is 5.91 Å². The highest BCUT2D eigenvalue weighted by Gasteiger charge is 2.27. The van der Waals surface area contributed by atoms with Crippen LogP contribution in [0.15, 0.2) is 12.1 Å². The zero-order valence-corrected chi connectivity index (χ0v) is 12.0. The van der Waals surface area contributed by atoms with Gasteiger partial charge in [0.25, 0.3) is 0 Å². The molecule has 0 aliphatic carbocycles. The van der Waals surface area contributed by atoms with Gasteiger partial charge in [-0.3, -0.25) is 4.79 Å². The number of hydrogen-bond acceptors (Lipinski definition) is 3. The molecule has 1 aromatic heterocycles. The molecule has 0 aromatic carbocycles. The number of likely N-dealkylation sites (tertiary alicyclic amines) is 1. The number of rotatable bonds is 3. The quantitative estimate of drug-likeness (QED) is 0.929. The molecule has 0 saturated carbocycles. The van der Waals surface area contributed by atoms with Gasteiger partial charge in [0, 0.05) is 24.6 Å². The lowest BCUT2D eigenvalue weighted by Crippen LogP contribution is -2.41. The number of hydrogen-bond donors (Lipinski definition) is 1. The number of aliphatic hydroxyl groups excluding tert-OH is 1. The summed E-state index contributed by atoms with van der Waals surface area (Å²) in [7, 11) is 0. The molecule has 1 amide bonds. The third-order valence-electron chi connectivity index (χ3n) is 3.58. The lowest BCUT2D eigenvalue weighted by atomic mass is 9.96. The number of carbonyl (C=O) groups is 1. The number of thiophene rings is 1. The first kappa shape index (κ1) is 13.8. The van der Waals surface area contributed by atoms with Crippen LogP contribution in [0, 0.1) is 5.92 Å². The van der Waals surface area contributed by atoms with Crippen LogP contribution >= 0.6 is 22.9 Å². The normalized spacial score (nSPS) is 18.9. The average molecular weight is 288 g/mol. The van der Waals surface area contributed by atoms with Gasteiger partial charge in [0.15, 0.2) is 0 Å². The zero-order valence-electron chi connectivity index (χ0n) is 10.4. The molecule has 1 saturated heterocycles. The molecule has 1 atom stereocenters.